The summed E-state index contributed by atoms with van der Waals surface area (Å²) in [7, 11) is 2.94. The largest absolute Gasteiger partial charge is 0.493 e. The van der Waals surface area contributed by atoms with Crippen LogP contribution in [0.25, 0.3) is 10.8 Å². The van der Waals surface area contributed by atoms with E-state index in [1.54, 1.807) is 0 Å². The van der Waals surface area contributed by atoms with Crippen LogP contribution in [0.2, 0.25) is 0 Å². The highest BCUT2D eigenvalue weighted by Gasteiger charge is 2.17. The molecule has 1 heterocycles. The van der Waals surface area contributed by atoms with Crippen molar-refractivity contribution in [3.05, 3.63) is 34.2 Å². The highest BCUT2D eigenvalue weighted by molar-refractivity contribution is 6.04. The van der Waals surface area contributed by atoms with Crippen LogP contribution in [0.5, 0.6) is 11.5 Å². The van der Waals surface area contributed by atoms with Crippen LogP contribution in [0.4, 0.5) is 0 Å². The van der Waals surface area contributed by atoms with Gasteiger partial charge in [0.1, 0.15) is 0 Å². The van der Waals surface area contributed by atoms with Crippen LogP contribution in [0.3, 0.4) is 0 Å². The number of hydrogen-bond acceptors (Lipinski definition) is 4. The zero-order chi connectivity index (χ0) is 16.3. The Hall–Kier alpha value is -2.50. The van der Waals surface area contributed by atoms with Crippen molar-refractivity contribution in [3.8, 4) is 11.5 Å². The zero-order valence-electron chi connectivity index (χ0n) is 12.9. The average molecular weight is 305 g/mol. The molecule has 2 rings (SSSR count). The summed E-state index contributed by atoms with van der Waals surface area (Å²) >= 11 is 0. The second-order valence-electron chi connectivity index (χ2n) is 4.95. The van der Waals surface area contributed by atoms with Gasteiger partial charge in [-0.15, -0.1) is 0 Å². The lowest BCUT2D eigenvalue weighted by Crippen LogP contribution is -2.22. The van der Waals surface area contributed by atoms with E-state index in [0.717, 1.165) is 12.8 Å². The summed E-state index contributed by atoms with van der Waals surface area (Å²) in [5.74, 6) is -0.289. The quantitative estimate of drug-likeness (QED) is 0.887. The number of carboxylic acid groups (broad SMARTS) is 1. The van der Waals surface area contributed by atoms with Gasteiger partial charge in [0.25, 0.3) is 5.56 Å². The van der Waals surface area contributed by atoms with E-state index >= 15 is 0 Å². The molecule has 0 aliphatic heterocycles. The molecular formula is C16H19NO5. The van der Waals surface area contributed by atoms with Crippen molar-refractivity contribution in [1.29, 1.82) is 0 Å². The van der Waals surface area contributed by atoms with Gasteiger partial charge in [0.05, 0.1) is 25.2 Å². The number of fused-ring (bicyclic) bond motifs is 1. The minimum absolute atomic E-state index is 0.0756. The molecule has 6 heteroatoms. The Bertz CT molecular complexity index is 763. The Morgan fingerprint density at radius 3 is 2.27 bits per heavy atom. The van der Waals surface area contributed by atoms with Crippen LogP contribution in [-0.4, -0.2) is 29.9 Å². The lowest BCUT2D eigenvalue weighted by atomic mass is 10.1. The van der Waals surface area contributed by atoms with E-state index in [2.05, 4.69) is 0 Å². The molecule has 22 heavy (non-hydrogen) atoms. The van der Waals surface area contributed by atoms with Gasteiger partial charge in [-0.25, -0.2) is 4.79 Å². The summed E-state index contributed by atoms with van der Waals surface area (Å²) in [5.41, 5.74) is -0.152. The van der Waals surface area contributed by atoms with Crippen molar-refractivity contribution < 1.29 is 19.4 Å². The maximum absolute atomic E-state index is 12.6. The fourth-order valence-corrected chi connectivity index (χ4v) is 2.38. The van der Waals surface area contributed by atoms with E-state index in [1.165, 1.54) is 37.1 Å². The molecule has 0 fully saturated rings. The number of carbonyl (C=O) groups is 1. The van der Waals surface area contributed by atoms with Gasteiger partial charge in [-0.05, 0) is 18.6 Å². The molecule has 0 amide bonds. The standard InChI is InChI=1S/C16H19NO5/c1-4-5-6-17-9-12(16(19)20)10-7-13(21-2)14(22-3)8-11(10)15(17)18/h7-9H,4-6H2,1-3H3,(H,19,20). The Morgan fingerprint density at radius 2 is 1.77 bits per heavy atom. The number of rotatable bonds is 6. The maximum Gasteiger partial charge on any atom is 0.337 e. The molecule has 0 unspecified atom stereocenters. The van der Waals surface area contributed by atoms with Crippen molar-refractivity contribution in [1.82, 2.24) is 4.57 Å². The maximum atomic E-state index is 12.6. The van der Waals surface area contributed by atoms with Crippen LogP contribution in [0.15, 0.2) is 23.1 Å². The van der Waals surface area contributed by atoms with Crippen LogP contribution in [0.1, 0.15) is 30.1 Å². The van der Waals surface area contributed by atoms with E-state index in [1.807, 2.05) is 6.92 Å². The molecule has 0 aliphatic rings. The van der Waals surface area contributed by atoms with Crippen molar-refractivity contribution in [3.63, 3.8) is 0 Å². The van der Waals surface area contributed by atoms with Gasteiger partial charge in [-0.2, -0.15) is 0 Å². The summed E-state index contributed by atoms with van der Waals surface area (Å²) in [6.45, 7) is 2.50. The number of hydrogen-bond donors (Lipinski definition) is 1. The molecule has 0 spiro atoms. The number of unbranched alkanes of at least 4 members (excludes halogenated alkanes) is 1. The average Bonchev–Trinajstić information content (AvgIpc) is 2.52. The normalized spacial score (nSPS) is 10.7. The number of pyridine rings is 1. The Kier molecular flexibility index (Phi) is 4.70. The predicted molar refractivity (Wildman–Crippen MR) is 83.2 cm³/mol. The van der Waals surface area contributed by atoms with E-state index in [-0.39, 0.29) is 11.1 Å². The molecule has 0 saturated heterocycles. The van der Waals surface area contributed by atoms with Gasteiger partial charge >= 0.3 is 5.97 Å². The molecule has 0 saturated carbocycles. The van der Waals surface area contributed by atoms with Gasteiger partial charge < -0.3 is 19.1 Å². The van der Waals surface area contributed by atoms with Gasteiger partial charge in [0, 0.05) is 18.1 Å². The number of aromatic nitrogens is 1. The fraction of sp³-hybridized carbons (Fsp3) is 0.375. The van der Waals surface area contributed by atoms with E-state index in [9.17, 15) is 14.7 Å². The number of carboxylic acids is 1. The van der Waals surface area contributed by atoms with Crippen LogP contribution < -0.4 is 15.0 Å². The first kappa shape index (κ1) is 15.9. The molecule has 1 aromatic heterocycles. The number of methoxy groups -OCH3 is 2. The zero-order valence-corrected chi connectivity index (χ0v) is 12.9. The first-order chi connectivity index (χ1) is 10.5. The predicted octanol–water partition coefficient (Wildman–Crippen LogP) is 2.52. The number of nitrogens with zero attached hydrogens (tertiary/aromatic N) is 1. The SMILES string of the molecule is CCCCn1cc(C(=O)O)c2cc(OC)c(OC)cc2c1=O. The van der Waals surface area contributed by atoms with Crippen molar-refractivity contribution in [2.75, 3.05) is 14.2 Å². The number of benzene rings is 1. The van der Waals surface area contributed by atoms with Gasteiger partial charge in [-0.1, -0.05) is 13.3 Å². The first-order valence-corrected chi connectivity index (χ1v) is 7.06. The van der Waals surface area contributed by atoms with Gasteiger partial charge in [0.2, 0.25) is 0 Å². The third-order valence-electron chi connectivity index (χ3n) is 3.57. The second-order valence-corrected chi connectivity index (χ2v) is 4.95. The highest BCUT2D eigenvalue weighted by atomic mass is 16.5. The summed E-state index contributed by atoms with van der Waals surface area (Å²) in [6.07, 6.45) is 3.12. The number of ether oxygens (including phenoxy) is 2. The van der Waals surface area contributed by atoms with Gasteiger partial charge in [0.15, 0.2) is 11.5 Å². The summed E-state index contributed by atoms with van der Waals surface area (Å²) in [6, 6.07) is 3.06. The molecule has 1 aromatic carbocycles. The van der Waals surface area contributed by atoms with Gasteiger partial charge in [-0.3, -0.25) is 4.79 Å². The van der Waals surface area contributed by atoms with E-state index < -0.39 is 5.97 Å². The van der Waals surface area contributed by atoms with Crippen molar-refractivity contribution >= 4 is 16.7 Å². The summed E-state index contributed by atoms with van der Waals surface area (Å²) < 4.78 is 11.8. The summed E-state index contributed by atoms with van der Waals surface area (Å²) in [4.78, 5) is 24.1. The molecule has 0 aliphatic carbocycles. The third kappa shape index (κ3) is 2.77. The van der Waals surface area contributed by atoms with Crippen LogP contribution >= 0.6 is 0 Å². The number of aryl methyl sites for hydroxylation is 1. The Morgan fingerprint density at radius 1 is 1.18 bits per heavy atom. The minimum atomic E-state index is -1.08. The smallest absolute Gasteiger partial charge is 0.337 e. The molecule has 0 atom stereocenters. The summed E-state index contributed by atoms with van der Waals surface area (Å²) in [5, 5.41) is 10.1. The molecule has 118 valence electrons. The van der Waals surface area contributed by atoms with E-state index in [4.69, 9.17) is 9.47 Å². The van der Waals surface area contributed by atoms with Crippen LogP contribution in [0, 0.1) is 0 Å². The molecule has 1 N–H and O–H groups in total. The Balaban J connectivity index is 2.81. The van der Waals surface area contributed by atoms with Crippen LogP contribution in [-0.2, 0) is 6.54 Å². The topological polar surface area (TPSA) is 77.8 Å². The minimum Gasteiger partial charge on any atom is -0.493 e. The monoisotopic (exact) mass is 305 g/mol. The van der Waals surface area contributed by atoms with E-state index in [0.29, 0.717) is 28.8 Å². The van der Waals surface area contributed by atoms with Crippen molar-refractivity contribution in [2.45, 2.75) is 26.3 Å². The molecule has 6 nitrogen and oxygen atoms in total. The lowest BCUT2D eigenvalue weighted by molar-refractivity contribution is 0.0698. The lowest BCUT2D eigenvalue weighted by Gasteiger charge is -2.13. The molecule has 2 aromatic rings. The van der Waals surface area contributed by atoms with Crippen molar-refractivity contribution in [2.24, 2.45) is 0 Å². The first-order valence-electron chi connectivity index (χ1n) is 7.06. The fourth-order valence-electron chi connectivity index (χ4n) is 2.38. The molecular weight excluding hydrogens is 286 g/mol. The highest BCUT2D eigenvalue weighted by Crippen LogP contribution is 2.32. The second kappa shape index (κ2) is 6.51. The third-order valence-corrected chi connectivity index (χ3v) is 3.57. The molecule has 0 radical (unpaired) electrons. The Labute approximate surface area is 127 Å². The molecule has 0 bridgehead atoms. The number of aromatic carboxylic acids is 1.